The Bertz CT molecular complexity index is 571. The molecule has 112 valence electrons. The highest BCUT2D eigenvalue weighted by Gasteiger charge is 2.03. The van der Waals surface area contributed by atoms with Crippen molar-refractivity contribution in [1.82, 2.24) is 0 Å². The zero-order valence-electron chi connectivity index (χ0n) is 12.0. The van der Waals surface area contributed by atoms with E-state index >= 15 is 0 Å². The van der Waals surface area contributed by atoms with Crippen molar-refractivity contribution >= 4 is 11.4 Å². The monoisotopic (exact) mass is 292 g/mol. The number of nitrogens with zero attached hydrogens (tertiary/aromatic N) is 1. The topological polar surface area (TPSA) is 24.5 Å². The molecule has 0 spiro atoms. The lowest BCUT2D eigenvalue weighted by molar-refractivity contribution is -0.0498. The van der Waals surface area contributed by atoms with Gasteiger partial charge < -0.3 is 15.0 Å². The Labute approximate surface area is 123 Å². The van der Waals surface area contributed by atoms with Crippen LogP contribution in [0.2, 0.25) is 0 Å². The zero-order chi connectivity index (χ0) is 15.2. The molecule has 0 aliphatic rings. The molecule has 1 N–H and O–H groups in total. The van der Waals surface area contributed by atoms with Crippen LogP contribution in [0.3, 0.4) is 0 Å². The van der Waals surface area contributed by atoms with Crippen LogP contribution in [0.25, 0.3) is 0 Å². The van der Waals surface area contributed by atoms with Crippen LogP contribution in [-0.4, -0.2) is 20.7 Å². The van der Waals surface area contributed by atoms with E-state index in [-0.39, 0.29) is 5.75 Å². The van der Waals surface area contributed by atoms with E-state index in [1.807, 2.05) is 43.3 Å². The molecule has 0 aliphatic carbocycles. The fourth-order valence-corrected chi connectivity index (χ4v) is 1.89. The first-order valence-corrected chi connectivity index (χ1v) is 6.59. The van der Waals surface area contributed by atoms with Gasteiger partial charge in [-0.1, -0.05) is 18.2 Å². The summed E-state index contributed by atoms with van der Waals surface area (Å²) in [6.07, 6.45) is 0. The van der Waals surface area contributed by atoms with Crippen molar-refractivity contribution in [3.05, 3.63) is 54.1 Å². The fourth-order valence-electron chi connectivity index (χ4n) is 1.89. The highest BCUT2D eigenvalue weighted by Crippen LogP contribution is 2.19. The zero-order valence-corrected chi connectivity index (χ0v) is 12.0. The Morgan fingerprint density at radius 3 is 2.43 bits per heavy atom. The largest absolute Gasteiger partial charge is 0.435 e. The van der Waals surface area contributed by atoms with Gasteiger partial charge >= 0.3 is 6.61 Å². The van der Waals surface area contributed by atoms with Gasteiger partial charge in [-0.15, -0.1) is 0 Å². The molecule has 0 bridgehead atoms. The van der Waals surface area contributed by atoms with Gasteiger partial charge in [-0.3, -0.25) is 0 Å². The first kappa shape index (κ1) is 15.1. The maximum Gasteiger partial charge on any atom is 0.387 e. The molecular weight excluding hydrogens is 274 g/mol. The number of anilines is 2. The Hall–Kier alpha value is -2.30. The lowest BCUT2D eigenvalue weighted by Gasteiger charge is -2.14. The Balaban J connectivity index is 1.95. The molecule has 0 aliphatic heterocycles. The fraction of sp³-hybridized carbons (Fsp3) is 0.250. The van der Waals surface area contributed by atoms with Crippen LogP contribution in [0.15, 0.2) is 48.5 Å². The first-order chi connectivity index (χ1) is 10.0. The molecule has 2 aromatic carbocycles. The summed E-state index contributed by atoms with van der Waals surface area (Å²) in [5.41, 5.74) is 3.11. The molecule has 0 unspecified atom stereocenters. The van der Waals surface area contributed by atoms with Gasteiger partial charge in [-0.05, 0) is 35.9 Å². The Morgan fingerprint density at radius 1 is 1.10 bits per heavy atom. The van der Waals surface area contributed by atoms with E-state index in [1.54, 1.807) is 24.3 Å². The number of nitrogens with one attached hydrogen (secondary N) is 1. The normalized spacial score (nSPS) is 10.5. The van der Waals surface area contributed by atoms with Crippen LogP contribution >= 0.6 is 0 Å². The number of alkyl halides is 2. The van der Waals surface area contributed by atoms with Crippen LogP contribution in [0.5, 0.6) is 5.75 Å². The number of ether oxygens (including phenoxy) is 1. The molecule has 0 saturated heterocycles. The molecule has 5 heteroatoms. The molecular formula is C16H18F2N2O. The molecule has 0 atom stereocenters. The lowest BCUT2D eigenvalue weighted by atomic mass is 10.2. The second-order valence-corrected chi connectivity index (χ2v) is 4.82. The molecule has 0 saturated carbocycles. The highest BCUT2D eigenvalue weighted by atomic mass is 19.3. The maximum atomic E-state index is 12.1. The van der Waals surface area contributed by atoms with Crippen molar-refractivity contribution in [3.8, 4) is 5.75 Å². The maximum absolute atomic E-state index is 12.1. The summed E-state index contributed by atoms with van der Waals surface area (Å²) in [6, 6.07) is 14.7. The Morgan fingerprint density at radius 2 is 1.81 bits per heavy atom. The third-order valence-electron chi connectivity index (χ3n) is 3.01. The van der Waals surface area contributed by atoms with E-state index < -0.39 is 6.61 Å². The minimum absolute atomic E-state index is 0.170. The third kappa shape index (κ3) is 4.63. The van der Waals surface area contributed by atoms with E-state index in [1.165, 1.54) is 0 Å². The number of hydrogen-bond donors (Lipinski definition) is 1. The first-order valence-electron chi connectivity index (χ1n) is 6.59. The van der Waals surface area contributed by atoms with E-state index in [0.29, 0.717) is 6.54 Å². The average molecular weight is 292 g/mol. The molecule has 0 radical (unpaired) electrons. The summed E-state index contributed by atoms with van der Waals surface area (Å²) in [6.45, 7) is -2.17. The van der Waals surface area contributed by atoms with Gasteiger partial charge in [0.1, 0.15) is 5.75 Å². The summed E-state index contributed by atoms with van der Waals surface area (Å²) in [5.74, 6) is 0.170. The molecule has 2 aromatic rings. The smallest absolute Gasteiger partial charge is 0.387 e. The summed E-state index contributed by atoms with van der Waals surface area (Å²) in [5, 5.41) is 3.30. The van der Waals surface area contributed by atoms with Gasteiger partial charge in [0.25, 0.3) is 0 Å². The molecule has 21 heavy (non-hydrogen) atoms. The minimum Gasteiger partial charge on any atom is -0.435 e. The second-order valence-electron chi connectivity index (χ2n) is 4.82. The van der Waals surface area contributed by atoms with E-state index in [0.717, 1.165) is 16.9 Å². The van der Waals surface area contributed by atoms with Crippen molar-refractivity contribution in [2.75, 3.05) is 24.3 Å². The highest BCUT2D eigenvalue weighted by molar-refractivity contribution is 5.57. The standard InChI is InChI=1S/C16H18F2N2O/c1-20(2)14-5-3-4-13(10-14)19-11-12-6-8-15(9-7-12)21-16(17)18/h3-10,16,19H,11H2,1-2H3. The van der Waals surface area contributed by atoms with Crippen molar-refractivity contribution in [2.45, 2.75) is 13.2 Å². The lowest BCUT2D eigenvalue weighted by Crippen LogP contribution is -2.09. The van der Waals surface area contributed by atoms with Crippen LogP contribution in [0.1, 0.15) is 5.56 Å². The van der Waals surface area contributed by atoms with Crippen LogP contribution in [0, 0.1) is 0 Å². The summed E-state index contributed by atoms with van der Waals surface area (Å²) in [7, 11) is 3.97. The van der Waals surface area contributed by atoms with E-state index in [4.69, 9.17) is 0 Å². The van der Waals surface area contributed by atoms with Crippen LogP contribution in [-0.2, 0) is 6.54 Å². The van der Waals surface area contributed by atoms with Gasteiger partial charge in [0, 0.05) is 32.0 Å². The van der Waals surface area contributed by atoms with E-state index in [9.17, 15) is 8.78 Å². The van der Waals surface area contributed by atoms with Crippen molar-refractivity contribution in [3.63, 3.8) is 0 Å². The van der Waals surface area contributed by atoms with Crippen molar-refractivity contribution in [2.24, 2.45) is 0 Å². The Kier molecular flexibility index (Phi) is 4.98. The molecule has 0 fully saturated rings. The van der Waals surface area contributed by atoms with Gasteiger partial charge in [-0.2, -0.15) is 8.78 Å². The quantitative estimate of drug-likeness (QED) is 0.872. The molecule has 0 amide bonds. The van der Waals surface area contributed by atoms with Gasteiger partial charge in [-0.25, -0.2) is 0 Å². The number of benzene rings is 2. The number of halogens is 2. The number of hydrogen-bond acceptors (Lipinski definition) is 3. The van der Waals surface area contributed by atoms with Crippen molar-refractivity contribution < 1.29 is 13.5 Å². The average Bonchev–Trinajstić information content (AvgIpc) is 2.46. The summed E-state index contributed by atoms with van der Waals surface area (Å²) in [4.78, 5) is 2.03. The molecule has 0 aromatic heterocycles. The van der Waals surface area contributed by atoms with Crippen LogP contribution in [0.4, 0.5) is 20.2 Å². The predicted molar refractivity (Wildman–Crippen MR) is 81.2 cm³/mol. The van der Waals surface area contributed by atoms with Crippen molar-refractivity contribution in [1.29, 1.82) is 0 Å². The van der Waals surface area contributed by atoms with E-state index in [2.05, 4.69) is 10.1 Å². The van der Waals surface area contributed by atoms with Gasteiger partial charge in [0.2, 0.25) is 0 Å². The summed E-state index contributed by atoms with van der Waals surface area (Å²) >= 11 is 0. The SMILES string of the molecule is CN(C)c1cccc(NCc2ccc(OC(F)F)cc2)c1. The third-order valence-corrected chi connectivity index (χ3v) is 3.01. The second kappa shape index (κ2) is 6.92. The molecule has 0 heterocycles. The van der Waals surface area contributed by atoms with Gasteiger partial charge in [0.05, 0.1) is 0 Å². The minimum atomic E-state index is -2.79. The molecule has 3 nitrogen and oxygen atoms in total. The van der Waals surface area contributed by atoms with Crippen LogP contribution < -0.4 is 15.0 Å². The molecule has 2 rings (SSSR count). The summed E-state index contributed by atoms with van der Waals surface area (Å²) < 4.78 is 28.4. The predicted octanol–water partition coefficient (Wildman–Crippen LogP) is 3.97. The van der Waals surface area contributed by atoms with Gasteiger partial charge in [0.15, 0.2) is 0 Å². The number of rotatable bonds is 6.